The van der Waals surface area contributed by atoms with E-state index in [1.165, 1.54) is 19.2 Å². The van der Waals surface area contributed by atoms with Crippen LogP contribution in [0.1, 0.15) is 28.1 Å². The summed E-state index contributed by atoms with van der Waals surface area (Å²) in [6.45, 7) is -0.477. The lowest BCUT2D eigenvalue weighted by atomic mass is 10.0. The van der Waals surface area contributed by atoms with Crippen LogP contribution in [0.25, 0.3) is 17.5 Å². The summed E-state index contributed by atoms with van der Waals surface area (Å²) in [4.78, 5) is 18.7. The molecule has 5 rings (SSSR count). The lowest BCUT2D eigenvalue weighted by Crippen LogP contribution is -2.22. The van der Waals surface area contributed by atoms with E-state index in [1.807, 2.05) is 30.3 Å². The molecule has 4 aromatic rings. The summed E-state index contributed by atoms with van der Waals surface area (Å²) >= 11 is 1.11. The Kier molecular flexibility index (Phi) is 8.91. The van der Waals surface area contributed by atoms with Crippen LogP contribution >= 0.6 is 11.8 Å². The van der Waals surface area contributed by atoms with Crippen LogP contribution in [0.4, 0.5) is 26.3 Å². The van der Waals surface area contributed by atoms with Gasteiger partial charge in [-0.3, -0.25) is 4.79 Å². The molecule has 0 saturated carbocycles. The molecule has 3 aromatic carbocycles. The van der Waals surface area contributed by atoms with Crippen molar-refractivity contribution in [2.24, 2.45) is 4.99 Å². The van der Waals surface area contributed by atoms with E-state index in [2.05, 4.69) is 15.2 Å². The monoisotopic (exact) mass is 648 g/mol. The largest absolute Gasteiger partial charge is 0.493 e. The van der Waals surface area contributed by atoms with Crippen LogP contribution in [-0.4, -0.2) is 40.3 Å². The smallest absolute Gasteiger partial charge is 0.416 e. The second kappa shape index (κ2) is 12.7. The zero-order valence-corrected chi connectivity index (χ0v) is 24.3. The van der Waals surface area contributed by atoms with Gasteiger partial charge in [-0.05, 0) is 59.8 Å². The van der Waals surface area contributed by atoms with Gasteiger partial charge in [0.15, 0.2) is 16.7 Å². The van der Waals surface area contributed by atoms with Gasteiger partial charge in [0.2, 0.25) is 11.8 Å². The summed E-state index contributed by atoms with van der Waals surface area (Å²) in [7, 11) is 3.02. The van der Waals surface area contributed by atoms with Crippen molar-refractivity contribution in [1.29, 1.82) is 0 Å². The number of nitrogens with zero attached hydrogens (tertiary/aromatic N) is 4. The fourth-order valence-electron chi connectivity index (χ4n) is 4.19. The van der Waals surface area contributed by atoms with Crippen LogP contribution in [-0.2, 0) is 30.3 Å². The van der Waals surface area contributed by atoms with Gasteiger partial charge in [0.05, 0.1) is 29.7 Å². The zero-order valence-electron chi connectivity index (χ0n) is 23.4. The number of ether oxygens (including phenoxy) is 2. The number of aromatic nitrogens is 2. The Balaban J connectivity index is 1.26. The summed E-state index contributed by atoms with van der Waals surface area (Å²) in [6, 6.07) is 15.0. The predicted molar refractivity (Wildman–Crippen MR) is 153 cm³/mol. The van der Waals surface area contributed by atoms with Gasteiger partial charge in [-0.15, -0.1) is 10.2 Å². The maximum absolute atomic E-state index is 13.5. The number of benzene rings is 3. The van der Waals surface area contributed by atoms with Gasteiger partial charge in [0, 0.05) is 18.2 Å². The molecule has 2 heterocycles. The lowest BCUT2D eigenvalue weighted by molar-refractivity contribution is -0.143. The summed E-state index contributed by atoms with van der Waals surface area (Å²) in [5, 5.41) is 8.50. The minimum absolute atomic E-state index is 0.0455. The number of rotatable bonds is 8. The van der Waals surface area contributed by atoms with E-state index in [9.17, 15) is 31.1 Å². The standard InChI is InChI=1S/C30H22F6N4O4S/c1-40(15-25-38-39-27(44-25)18-6-4-3-5-7-18)28-37-26(41)24(45-28)13-17-8-11-22(23(12-17)42-2)43-16-19-9-10-20(29(31,32)33)14-21(19)30(34,35)36/h3-14H,15-16H2,1-2H3. The Morgan fingerprint density at radius 2 is 1.69 bits per heavy atom. The first-order valence-electron chi connectivity index (χ1n) is 13.0. The van der Waals surface area contributed by atoms with Crippen molar-refractivity contribution in [2.75, 3.05) is 14.2 Å². The van der Waals surface area contributed by atoms with E-state index in [0.29, 0.717) is 33.5 Å². The van der Waals surface area contributed by atoms with Gasteiger partial charge >= 0.3 is 12.4 Å². The van der Waals surface area contributed by atoms with E-state index >= 15 is 0 Å². The highest BCUT2D eigenvalue weighted by Gasteiger charge is 2.38. The Morgan fingerprint density at radius 3 is 2.38 bits per heavy atom. The maximum atomic E-state index is 13.5. The average molecular weight is 649 g/mol. The number of carbonyl (C=O) groups is 1. The summed E-state index contributed by atoms with van der Waals surface area (Å²) in [6.07, 6.45) is -8.41. The number of halogens is 6. The summed E-state index contributed by atoms with van der Waals surface area (Å²) < 4.78 is 96.0. The summed E-state index contributed by atoms with van der Waals surface area (Å²) in [5.41, 5.74) is -2.08. The second-order valence-corrected chi connectivity index (χ2v) is 10.6. The zero-order chi connectivity index (χ0) is 32.4. The van der Waals surface area contributed by atoms with Crippen LogP contribution in [0.3, 0.4) is 0 Å². The van der Waals surface area contributed by atoms with Crippen molar-refractivity contribution in [1.82, 2.24) is 15.1 Å². The fraction of sp³-hybridized carbons (Fsp3) is 0.200. The lowest BCUT2D eigenvalue weighted by Gasteiger charge is -2.17. The first-order chi connectivity index (χ1) is 21.3. The van der Waals surface area contributed by atoms with Gasteiger partial charge < -0.3 is 18.8 Å². The van der Waals surface area contributed by atoms with Crippen molar-refractivity contribution in [3.05, 3.63) is 99.8 Å². The highest BCUT2D eigenvalue weighted by Crippen LogP contribution is 2.39. The number of alkyl halides is 6. The first-order valence-corrected chi connectivity index (χ1v) is 13.8. The minimum Gasteiger partial charge on any atom is -0.493 e. The number of thioether (sulfide) groups is 1. The molecule has 15 heteroatoms. The van der Waals surface area contributed by atoms with Gasteiger partial charge in [-0.2, -0.15) is 31.3 Å². The molecule has 0 bridgehead atoms. The third kappa shape index (κ3) is 7.48. The van der Waals surface area contributed by atoms with Crippen LogP contribution in [0.15, 0.2) is 81.0 Å². The van der Waals surface area contributed by atoms with Gasteiger partial charge in [0.1, 0.15) is 6.61 Å². The molecule has 1 amide bonds. The molecule has 1 aromatic heterocycles. The molecule has 8 nitrogen and oxygen atoms in total. The van der Waals surface area contributed by atoms with Gasteiger partial charge in [0.25, 0.3) is 5.91 Å². The molecule has 1 aliphatic heterocycles. The van der Waals surface area contributed by atoms with Crippen LogP contribution < -0.4 is 9.47 Å². The third-order valence-electron chi connectivity index (χ3n) is 6.41. The second-order valence-electron chi connectivity index (χ2n) is 9.60. The molecule has 45 heavy (non-hydrogen) atoms. The van der Waals surface area contributed by atoms with E-state index in [4.69, 9.17) is 13.9 Å². The normalized spacial score (nSPS) is 14.5. The molecular weight excluding hydrogens is 626 g/mol. The van der Waals surface area contributed by atoms with Gasteiger partial charge in [-0.1, -0.05) is 30.3 Å². The predicted octanol–water partition coefficient (Wildman–Crippen LogP) is 7.46. The van der Waals surface area contributed by atoms with Crippen molar-refractivity contribution in [3.63, 3.8) is 0 Å². The molecule has 1 aliphatic rings. The molecule has 0 spiro atoms. The van der Waals surface area contributed by atoms with Crippen molar-refractivity contribution < 1.29 is 45.0 Å². The SMILES string of the molecule is COc1cc(C=C2SC(N(C)Cc3nnc(-c4ccccc4)o3)=NC2=O)ccc1OCc1ccc(C(F)(F)F)cc1C(F)(F)F. The molecule has 0 aliphatic carbocycles. The number of amides is 1. The number of hydrogen-bond donors (Lipinski definition) is 0. The Morgan fingerprint density at radius 1 is 0.933 bits per heavy atom. The Hall–Kier alpha value is -4.79. The molecule has 0 radical (unpaired) electrons. The van der Waals surface area contributed by atoms with Crippen LogP contribution in [0.5, 0.6) is 11.5 Å². The highest BCUT2D eigenvalue weighted by molar-refractivity contribution is 8.18. The van der Waals surface area contributed by atoms with E-state index < -0.39 is 41.6 Å². The molecular formula is C30H22F6N4O4S. The van der Waals surface area contributed by atoms with Gasteiger partial charge in [-0.25, -0.2) is 0 Å². The van der Waals surface area contributed by atoms with E-state index in [-0.39, 0.29) is 24.1 Å². The quantitative estimate of drug-likeness (QED) is 0.144. The molecule has 234 valence electrons. The first kappa shape index (κ1) is 31.6. The Bertz CT molecular complexity index is 1770. The van der Waals surface area contributed by atoms with Crippen LogP contribution in [0.2, 0.25) is 0 Å². The van der Waals surface area contributed by atoms with E-state index in [1.54, 1.807) is 24.1 Å². The topological polar surface area (TPSA) is 90.0 Å². The molecule has 0 N–H and O–H groups in total. The minimum atomic E-state index is -5.03. The number of aliphatic imine (C=N–C) groups is 1. The number of hydrogen-bond acceptors (Lipinski definition) is 8. The fourth-order valence-corrected chi connectivity index (χ4v) is 5.06. The number of carbonyl (C=O) groups excluding carboxylic acids is 1. The van der Waals surface area contributed by atoms with Crippen molar-refractivity contribution in [3.8, 4) is 23.0 Å². The third-order valence-corrected chi connectivity index (χ3v) is 7.50. The number of amidine groups is 1. The Labute approximate surface area is 256 Å². The van der Waals surface area contributed by atoms with E-state index in [0.717, 1.165) is 23.4 Å². The molecule has 0 fully saturated rings. The molecule has 0 atom stereocenters. The molecule has 0 saturated heterocycles. The van der Waals surface area contributed by atoms with Crippen molar-refractivity contribution >= 4 is 28.9 Å². The number of methoxy groups -OCH3 is 1. The summed E-state index contributed by atoms with van der Waals surface area (Å²) in [5.74, 6) is 0.369. The average Bonchev–Trinajstić information content (AvgIpc) is 3.62. The molecule has 0 unspecified atom stereocenters. The van der Waals surface area contributed by atoms with Crippen molar-refractivity contribution in [2.45, 2.75) is 25.5 Å². The van der Waals surface area contributed by atoms with Crippen LogP contribution in [0, 0.1) is 0 Å². The maximum Gasteiger partial charge on any atom is 0.416 e. The highest BCUT2D eigenvalue weighted by atomic mass is 32.2.